The molecule has 0 aliphatic heterocycles. The van der Waals surface area contributed by atoms with E-state index in [9.17, 15) is 9.59 Å². The predicted octanol–water partition coefficient (Wildman–Crippen LogP) is 0.511. The molecule has 0 saturated heterocycles. The molecule has 0 radical (unpaired) electrons. The smallest absolute Gasteiger partial charge is 0.331 e. The Morgan fingerprint density at radius 1 is 1.50 bits per heavy atom. The summed E-state index contributed by atoms with van der Waals surface area (Å²) in [6.45, 7) is 4.43. The Bertz CT molecular complexity index is 448. The van der Waals surface area contributed by atoms with Crippen molar-refractivity contribution in [2.75, 3.05) is 13.7 Å². The number of rotatable bonds is 5. The van der Waals surface area contributed by atoms with Crippen LogP contribution in [-0.4, -0.2) is 41.4 Å². The molecule has 1 aromatic heterocycles. The standard InChI is InChI=1S/C11H16N2O5/c1-6-8(7(2)18-13-6)9(14)12-11(3,5-17-4)10(15)16/h5H2,1-4H3,(H,12,14)(H,15,16). The Kier molecular flexibility index (Phi) is 4.07. The van der Waals surface area contributed by atoms with E-state index in [2.05, 4.69) is 10.5 Å². The lowest BCUT2D eigenvalue weighted by Gasteiger charge is -2.25. The summed E-state index contributed by atoms with van der Waals surface area (Å²) < 4.78 is 9.67. The van der Waals surface area contributed by atoms with Gasteiger partial charge in [0.25, 0.3) is 5.91 Å². The van der Waals surface area contributed by atoms with Crippen LogP contribution in [0.2, 0.25) is 0 Å². The number of methoxy groups -OCH3 is 1. The largest absolute Gasteiger partial charge is 0.479 e. The van der Waals surface area contributed by atoms with Crippen LogP contribution in [-0.2, 0) is 9.53 Å². The first kappa shape index (κ1) is 14.2. The number of hydrogen-bond donors (Lipinski definition) is 2. The minimum Gasteiger partial charge on any atom is -0.479 e. The van der Waals surface area contributed by atoms with Gasteiger partial charge in [-0.1, -0.05) is 5.16 Å². The van der Waals surface area contributed by atoms with Crippen molar-refractivity contribution in [3.63, 3.8) is 0 Å². The maximum absolute atomic E-state index is 12.0. The summed E-state index contributed by atoms with van der Waals surface area (Å²) >= 11 is 0. The van der Waals surface area contributed by atoms with E-state index in [0.717, 1.165) is 0 Å². The van der Waals surface area contributed by atoms with Crippen LogP contribution in [0.3, 0.4) is 0 Å². The molecule has 1 amide bonds. The molecule has 1 atom stereocenters. The highest BCUT2D eigenvalue weighted by molar-refractivity contribution is 5.99. The Labute approximate surface area is 104 Å². The highest BCUT2D eigenvalue weighted by atomic mass is 16.5. The van der Waals surface area contributed by atoms with Gasteiger partial charge in [-0.25, -0.2) is 4.79 Å². The van der Waals surface area contributed by atoms with Gasteiger partial charge in [-0.05, 0) is 20.8 Å². The van der Waals surface area contributed by atoms with Gasteiger partial charge in [0.05, 0.1) is 12.3 Å². The Balaban J connectivity index is 2.96. The van der Waals surface area contributed by atoms with Crippen molar-refractivity contribution >= 4 is 11.9 Å². The van der Waals surface area contributed by atoms with Crippen molar-refractivity contribution in [3.8, 4) is 0 Å². The fourth-order valence-electron chi connectivity index (χ4n) is 1.56. The highest BCUT2D eigenvalue weighted by Crippen LogP contribution is 2.14. The number of carbonyl (C=O) groups excluding carboxylic acids is 1. The SMILES string of the molecule is COCC(C)(NC(=O)c1c(C)noc1C)C(=O)O. The zero-order chi connectivity index (χ0) is 13.9. The second-order valence-electron chi connectivity index (χ2n) is 4.22. The van der Waals surface area contributed by atoms with Gasteiger partial charge in [-0.15, -0.1) is 0 Å². The number of carbonyl (C=O) groups is 2. The van der Waals surface area contributed by atoms with Crippen molar-refractivity contribution in [2.45, 2.75) is 26.3 Å². The van der Waals surface area contributed by atoms with Crippen LogP contribution in [0.15, 0.2) is 4.52 Å². The van der Waals surface area contributed by atoms with Crippen molar-refractivity contribution in [1.29, 1.82) is 0 Å². The number of carboxylic acid groups (broad SMARTS) is 1. The van der Waals surface area contributed by atoms with Crippen molar-refractivity contribution in [2.24, 2.45) is 0 Å². The number of ether oxygens (including phenoxy) is 1. The van der Waals surface area contributed by atoms with Crippen LogP contribution in [0, 0.1) is 13.8 Å². The zero-order valence-corrected chi connectivity index (χ0v) is 10.7. The van der Waals surface area contributed by atoms with Gasteiger partial charge in [0, 0.05) is 7.11 Å². The van der Waals surface area contributed by atoms with E-state index in [0.29, 0.717) is 11.5 Å². The second-order valence-corrected chi connectivity index (χ2v) is 4.22. The molecule has 1 aromatic rings. The molecule has 0 aromatic carbocycles. The average Bonchev–Trinajstić information content (AvgIpc) is 2.58. The van der Waals surface area contributed by atoms with Crippen LogP contribution in [0.1, 0.15) is 28.7 Å². The number of amides is 1. The molecule has 7 nitrogen and oxygen atoms in total. The summed E-state index contributed by atoms with van der Waals surface area (Å²) in [6, 6.07) is 0. The first-order valence-corrected chi connectivity index (χ1v) is 5.29. The normalized spacial score (nSPS) is 14.0. The van der Waals surface area contributed by atoms with E-state index < -0.39 is 17.4 Å². The number of aromatic nitrogens is 1. The third kappa shape index (κ3) is 2.67. The summed E-state index contributed by atoms with van der Waals surface area (Å²) in [5, 5.41) is 15.2. The second kappa shape index (κ2) is 5.18. The van der Waals surface area contributed by atoms with E-state index in [1.165, 1.54) is 14.0 Å². The first-order valence-electron chi connectivity index (χ1n) is 5.29. The van der Waals surface area contributed by atoms with Gasteiger partial charge in [0.15, 0.2) is 5.54 Å². The minimum atomic E-state index is -1.50. The van der Waals surface area contributed by atoms with E-state index >= 15 is 0 Å². The molecule has 0 saturated carbocycles. The molecule has 7 heteroatoms. The first-order chi connectivity index (χ1) is 8.31. The van der Waals surface area contributed by atoms with Crippen LogP contribution in [0.4, 0.5) is 0 Å². The lowest BCUT2D eigenvalue weighted by molar-refractivity contribution is -0.145. The Morgan fingerprint density at radius 3 is 2.50 bits per heavy atom. The third-order valence-electron chi connectivity index (χ3n) is 2.55. The number of nitrogens with zero attached hydrogens (tertiary/aromatic N) is 1. The van der Waals surface area contributed by atoms with E-state index in [1.807, 2.05) is 0 Å². The van der Waals surface area contributed by atoms with Gasteiger partial charge in [0.1, 0.15) is 11.3 Å². The molecule has 1 rings (SSSR count). The van der Waals surface area contributed by atoms with Gasteiger partial charge in [0.2, 0.25) is 0 Å². The zero-order valence-electron chi connectivity index (χ0n) is 10.7. The number of hydrogen-bond acceptors (Lipinski definition) is 5. The molecule has 1 unspecified atom stereocenters. The Morgan fingerprint density at radius 2 is 2.11 bits per heavy atom. The van der Waals surface area contributed by atoms with E-state index in [1.54, 1.807) is 13.8 Å². The predicted molar refractivity (Wildman–Crippen MR) is 61.4 cm³/mol. The Hall–Kier alpha value is -1.89. The number of aliphatic carboxylic acids is 1. The molecule has 0 spiro atoms. The molecule has 0 aliphatic carbocycles. The number of nitrogens with one attached hydrogen (secondary N) is 1. The van der Waals surface area contributed by atoms with Gasteiger partial charge < -0.3 is 19.7 Å². The topological polar surface area (TPSA) is 102 Å². The molecule has 100 valence electrons. The molecule has 0 fully saturated rings. The van der Waals surface area contributed by atoms with Crippen molar-refractivity contribution in [1.82, 2.24) is 10.5 Å². The van der Waals surface area contributed by atoms with Crippen molar-refractivity contribution in [3.05, 3.63) is 17.0 Å². The molecule has 18 heavy (non-hydrogen) atoms. The molecular formula is C11H16N2O5. The average molecular weight is 256 g/mol. The van der Waals surface area contributed by atoms with E-state index in [4.69, 9.17) is 14.4 Å². The fraction of sp³-hybridized carbons (Fsp3) is 0.545. The lowest BCUT2D eigenvalue weighted by atomic mass is 10.0. The van der Waals surface area contributed by atoms with Gasteiger partial charge >= 0.3 is 5.97 Å². The van der Waals surface area contributed by atoms with Crippen LogP contribution < -0.4 is 5.32 Å². The monoisotopic (exact) mass is 256 g/mol. The van der Waals surface area contributed by atoms with Crippen LogP contribution >= 0.6 is 0 Å². The summed E-state index contributed by atoms with van der Waals surface area (Å²) in [5.74, 6) is -1.38. The summed E-state index contributed by atoms with van der Waals surface area (Å²) in [6.07, 6.45) is 0. The molecular weight excluding hydrogens is 240 g/mol. The van der Waals surface area contributed by atoms with Crippen molar-refractivity contribution < 1.29 is 24.0 Å². The van der Waals surface area contributed by atoms with Gasteiger partial charge in [-0.2, -0.15) is 0 Å². The fourth-order valence-corrected chi connectivity index (χ4v) is 1.56. The molecule has 2 N–H and O–H groups in total. The molecule has 0 aliphatic rings. The van der Waals surface area contributed by atoms with Crippen LogP contribution in [0.25, 0.3) is 0 Å². The summed E-state index contributed by atoms with van der Waals surface area (Å²) in [4.78, 5) is 23.2. The summed E-state index contributed by atoms with van der Waals surface area (Å²) in [5.41, 5.74) is -0.837. The highest BCUT2D eigenvalue weighted by Gasteiger charge is 2.36. The quantitative estimate of drug-likeness (QED) is 0.796. The molecule has 0 bridgehead atoms. The maximum atomic E-state index is 12.0. The maximum Gasteiger partial charge on any atom is 0.331 e. The minimum absolute atomic E-state index is 0.141. The van der Waals surface area contributed by atoms with Gasteiger partial charge in [-0.3, -0.25) is 4.79 Å². The number of aryl methyl sites for hydroxylation is 2. The molecule has 1 heterocycles. The summed E-state index contributed by atoms with van der Waals surface area (Å²) in [7, 11) is 1.36. The van der Waals surface area contributed by atoms with E-state index in [-0.39, 0.29) is 12.2 Å². The van der Waals surface area contributed by atoms with Crippen LogP contribution in [0.5, 0.6) is 0 Å². The number of carboxylic acids is 1. The lowest BCUT2D eigenvalue weighted by Crippen LogP contribution is -2.55. The third-order valence-corrected chi connectivity index (χ3v) is 2.55.